The van der Waals surface area contributed by atoms with Gasteiger partial charge in [-0.15, -0.1) is 11.3 Å². The smallest absolute Gasteiger partial charge is 0.245 e. The highest BCUT2D eigenvalue weighted by atomic mass is 32.1. The Morgan fingerprint density at radius 3 is 1.79 bits per heavy atom. The largest absolute Gasteiger partial charge is 0.416 e. The molecule has 47 heavy (non-hydrogen) atoms. The molecule has 0 radical (unpaired) electrons. The summed E-state index contributed by atoms with van der Waals surface area (Å²) in [5.74, 6) is 0. The number of rotatable bonds is 5. The first-order valence-electron chi connectivity index (χ1n) is 15.6. The first-order valence-corrected chi connectivity index (χ1v) is 16.4. The van der Waals surface area contributed by atoms with Crippen LogP contribution in [0, 0.1) is 0 Å². The van der Waals surface area contributed by atoms with Gasteiger partial charge in [0, 0.05) is 21.7 Å². The van der Waals surface area contributed by atoms with Crippen molar-refractivity contribution in [1.29, 1.82) is 0 Å². The van der Waals surface area contributed by atoms with E-state index in [0.717, 1.165) is 43.4 Å². The third kappa shape index (κ3) is 5.47. The summed E-state index contributed by atoms with van der Waals surface area (Å²) < 4.78 is 41.8. The second-order valence-electron chi connectivity index (χ2n) is 11.8. The van der Waals surface area contributed by atoms with E-state index in [2.05, 4.69) is 89.9 Å². The average molecular weight is 636 g/mol. The number of alkyl halides is 3. The van der Waals surface area contributed by atoms with Crippen LogP contribution >= 0.6 is 11.3 Å². The minimum absolute atomic E-state index is 0.541. The van der Waals surface area contributed by atoms with E-state index in [1.165, 1.54) is 38.7 Å². The highest BCUT2D eigenvalue weighted by molar-refractivity contribution is 7.26. The molecule has 0 spiro atoms. The number of hydrogen-bond acceptors (Lipinski definition) is 2. The van der Waals surface area contributed by atoms with Gasteiger partial charge in [0.1, 0.15) is 4.83 Å². The minimum Gasteiger partial charge on any atom is -0.245 e. The molecule has 0 saturated heterocycles. The number of hydrogen-bond donors (Lipinski definition) is 0. The third-order valence-corrected chi connectivity index (χ3v) is 10.1. The molecule has 0 amide bonds. The SMILES string of the molecule is CCc1cc(-c2ccc(-c3ccc4ccc(-c5ccc(-c6cccc7c6sc6ncccc67)cc5)cc4c3)cc2)cc(C(F)(F)F)c1. The molecule has 0 bridgehead atoms. The third-order valence-electron chi connectivity index (χ3n) is 8.92. The Kier molecular flexibility index (Phi) is 7.15. The molecule has 2 aromatic heterocycles. The average Bonchev–Trinajstić information content (AvgIpc) is 3.50. The topological polar surface area (TPSA) is 12.9 Å². The van der Waals surface area contributed by atoms with Crippen LogP contribution < -0.4 is 0 Å². The van der Waals surface area contributed by atoms with E-state index in [1.54, 1.807) is 11.3 Å². The van der Waals surface area contributed by atoms with Crippen molar-refractivity contribution < 1.29 is 13.2 Å². The monoisotopic (exact) mass is 635 g/mol. The van der Waals surface area contributed by atoms with Crippen LogP contribution in [0.25, 0.3) is 75.6 Å². The number of fused-ring (bicyclic) bond motifs is 4. The van der Waals surface area contributed by atoms with E-state index in [9.17, 15) is 13.2 Å². The van der Waals surface area contributed by atoms with Gasteiger partial charge in [-0.05, 0) is 104 Å². The van der Waals surface area contributed by atoms with Crippen molar-refractivity contribution >= 4 is 42.4 Å². The van der Waals surface area contributed by atoms with E-state index in [1.807, 2.05) is 49.5 Å². The van der Waals surface area contributed by atoms with Crippen LogP contribution in [-0.2, 0) is 12.6 Å². The number of halogens is 3. The Hall–Kier alpha value is -5.26. The van der Waals surface area contributed by atoms with Crippen LogP contribution in [0.4, 0.5) is 13.2 Å². The molecule has 8 aromatic rings. The number of thiophene rings is 1. The molecular formula is C42H28F3NS. The van der Waals surface area contributed by atoms with Crippen molar-refractivity contribution in [2.24, 2.45) is 0 Å². The summed E-state index contributed by atoms with van der Waals surface area (Å²) in [7, 11) is 0. The lowest BCUT2D eigenvalue weighted by atomic mass is 9.94. The molecule has 0 aliphatic rings. The highest BCUT2D eigenvalue weighted by Crippen LogP contribution is 2.40. The zero-order valence-electron chi connectivity index (χ0n) is 25.5. The quantitative estimate of drug-likeness (QED) is 0.183. The maximum atomic E-state index is 13.5. The van der Waals surface area contributed by atoms with Gasteiger partial charge in [0.2, 0.25) is 0 Å². The van der Waals surface area contributed by atoms with Crippen molar-refractivity contribution in [3.8, 4) is 44.5 Å². The van der Waals surface area contributed by atoms with Gasteiger partial charge in [-0.3, -0.25) is 0 Å². The van der Waals surface area contributed by atoms with Crippen LogP contribution in [0.2, 0.25) is 0 Å². The summed E-state index contributed by atoms with van der Waals surface area (Å²) in [5.41, 5.74) is 8.14. The van der Waals surface area contributed by atoms with Crippen molar-refractivity contribution in [3.05, 3.63) is 151 Å². The summed E-state index contributed by atoms with van der Waals surface area (Å²) in [4.78, 5) is 5.63. The van der Waals surface area contributed by atoms with Crippen molar-refractivity contribution in [3.63, 3.8) is 0 Å². The van der Waals surface area contributed by atoms with E-state index in [-0.39, 0.29) is 0 Å². The first kappa shape index (κ1) is 29.2. The summed E-state index contributed by atoms with van der Waals surface area (Å²) in [6.45, 7) is 1.87. The number of benzene rings is 6. The van der Waals surface area contributed by atoms with Gasteiger partial charge in [0.25, 0.3) is 0 Å². The van der Waals surface area contributed by atoms with Crippen LogP contribution in [0.1, 0.15) is 18.1 Å². The molecule has 1 nitrogen and oxygen atoms in total. The molecule has 0 atom stereocenters. The van der Waals surface area contributed by atoms with Gasteiger partial charge in [-0.2, -0.15) is 13.2 Å². The summed E-state index contributed by atoms with van der Waals surface area (Å²) in [5, 5.41) is 4.70. The highest BCUT2D eigenvalue weighted by Gasteiger charge is 2.31. The second-order valence-corrected chi connectivity index (χ2v) is 12.8. The standard InChI is InChI=1S/C42H28F3NS/c1-2-26-21-34(25-36(22-26)42(43,44)45)29-10-8-27(9-11-29)32-18-14-30-15-19-33(24-35(30)23-32)28-12-16-31(17-13-28)37-5-3-6-38-39-7-4-20-46-41(39)47-40(37)38/h3-25H,2H2,1H3. The molecule has 0 saturated carbocycles. The molecule has 0 unspecified atom stereocenters. The predicted octanol–water partition coefficient (Wildman–Crippen LogP) is 12.9. The Labute approximate surface area is 274 Å². The fourth-order valence-electron chi connectivity index (χ4n) is 6.39. The Balaban J connectivity index is 1.09. The lowest BCUT2D eigenvalue weighted by Crippen LogP contribution is -2.06. The van der Waals surface area contributed by atoms with E-state index in [4.69, 9.17) is 0 Å². The number of nitrogens with zero attached hydrogens (tertiary/aromatic N) is 1. The molecule has 0 fully saturated rings. The Morgan fingerprint density at radius 1 is 0.553 bits per heavy atom. The fraction of sp³-hybridized carbons (Fsp3) is 0.0714. The molecule has 0 aliphatic heterocycles. The number of aryl methyl sites for hydroxylation is 1. The normalized spacial score (nSPS) is 11.9. The Morgan fingerprint density at radius 2 is 1.15 bits per heavy atom. The van der Waals surface area contributed by atoms with Crippen LogP contribution in [0.3, 0.4) is 0 Å². The zero-order valence-corrected chi connectivity index (χ0v) is 26.3. The molecule has 0 N–H and O–H groups in total. The fourth-order valence-corrected chi connectivity index (χ4v) is 7.57. The summed E-state index contributed by atoms with van der Waals surface area (Å²) in [6, 6.07) is 44.3. The van der Waals surface area contributed by atoms with E-state index >= 15 is 0 Å². The van der Waals surface area contributed by atoms with Gasteiger partial charge in [0.15, 0.2) is 0 Å². The van der Waals surface area contributed by atoms with Gasteiger partial charge in [-0.25, -0.2) is 4.98 Å². The molecule has 5 heteroatoms. The molecule has 8 rings (SSSR count). The van der Waals surface area contributed by atoms with Gasteiger partial charge in [0.05, 0.1) is 5.56 Å². The maximum Gasteiger partial charge on any atom is 0.416 e. The molecule has 0 aliphatic carbocycles. The van der Waals surface area contributed by atoms with Crippen LogP contribution in [0.15, 0.2) is 140 Å². The van der Waals surface area contributed by atoms with Crippen molar-refractivity contribution in [2.45, 2.75) is 19.5 Å². The maximum absolute atomic E-state index is 13.5. The van der Waals surface area contributed by atoms with Crippen molar-refractivity contribution in [1.82, 2.24) is 4.98 Å². The molecule has 228 valence electrons. The van der Waals surface area contributed by atoms with Gasteiger partial charge >= 0.3 is 6.18 Å². The van der Waals surface area contributed by atoms with Gasteiger partial charge < -0.3 is 0 Å². The minimum atomic E-state index is -4.38. The molecular weight excluding hydrogens is 608 g/mol. The van der Waals surface area contributed by atoms with E-state index in [0.29, 0.717) is 17.5 Å². The van der Waals surface area contributed by atoms with Gasteiger partial charge in [-0.1, -0.05) is 104 Å². The van der Waals surface area contributed by atoms with Crippen LogP contribution in [0.5, 0.6) is 0 Å². The first-order chi connectivity index (χ1) is 22.8. The van der Waals surface area contributed by atoms with Crippen LogP contribution in [-0.4, -0.2) is 4.98 Å². The number of pyridine rings is 1. The van der Waals surface area contributed by atoms with Crippen molar-refractivity contribution in [2.75, 3.05) is 0 Å². The lowest BCUT2D eigenvalue weighted by Gasteiger charge is -2.12. The zero-order chi connectivity index (χ0) is 32.1. The molecule has 6 aromatic carbocycles. The molecule has 2 heterocycles. The number of aromatic nitrogens is 1. The van der Waals surface area contributed by atoms with E-state index < -0.39 is 11.7 Å². The second kappa shape index (κ2) is 11.5. The summed E-state index contributed by atoms with van der Waals surface area (Å²) >= 11 is 1.73. The lowest BCUT2D eigenvalue weighted by molar-refractivity contribution is -0.137. The Bertz CT molecular complexity index is 2420. The predicted molar refractivity (Wildman–Crippen MR) is 191 cm³/mol. The summed E-state index contributed by atoms with van der Waals surface area (Å²) in [6.07, 6.45) is -1.99.